The van der Waals surface area contributed by atoms with Gasteiger partial charge in [0.25, 0.3) is 0 Å². The molecule has 1 aliphatic rings. The van der Waals surface area contributed by atoms with E-state index in [0.29, 0.717) is 6.42 Å². The van der Waals surface area contributed by atoms with Crippen molar-refractivity contribution >= 4 is 17.3 Å². The fraction of sp³-hybridized carbons (Fsp3) is 0.588. The molecule has 1 aromatic carbocycles. The van der Waals surface area contributed by atoms with E-state index < -0.39 is 5.54 Å². The van der Waals surface area contributed by atoms with Crippen molar-refractivity contribution in [1.29, 1.82) is 0 Å². The number of hydrogen-bond donors (Lipinski definition) is 2. The van der Waals surface area contributed by atoms with Gasteiger partial charge in [-0.15, -0.1) is 0 Å². The zero-order valence-corrected chi connectivity index (χ0v) is 13.4. The van der Waals surface area contributed by atoms with Gasteiger partial charge in [0, 0.05) is 24.5 Å². The minimum atomic E-state index is -0.818. The van der Waals surface area contributed by atoms with E-state index in [1.165, 1.54) is 18.5 Å². The molecule has 0 aliphatic carbocycles. The summed E-state index contributed by atoms with van der Waals surface area (Å²) in [4.78, 5) is 14.4. The molecule has 1 unspecified atom stereocenters. The normalized spacial score (nSPS) is 19.1. The van der Waals surface area contributed by atoms with Crippen LogP contribution in [0.25, 0.3) is 0 Å². The van der Waals surface area contributed by atoms with Crippen LogP contribution in [0.3, 0.4) is 0 Å². The molecule has 21 heavy (non-hydrogen) atoms. The summed E-state index contributed by atoms with van der Waals surface area (Å²) in [6, 6.07) is 8.06. The number of hydrogen-bond acceptors (Lipinski definition) is 3. The highest BCUT2D eigenvalue weighted by molar-refractivity contribution is 5.97. The lowest BCUT2D eigenvalue weighted by Gasteiger charge is -2.32. The number of rotatable bonds is 4. The van der Waals surface area contributed by atoms with Crippen LogP contribution >= 0.6 is 0 Å². The lowest BCUT2D eigenvalue weighted by molar-refractivity contribution is -0.120. The summed E-state index contributed by atoms with van der Waals surface area (Å²) in [5, 5.41) is 2.89. The number of carbonyl (C=O) groups excluding carboxylic acids is 1. The molecule has 3 N–H and O–H groups in total. The van der Waals surface area contributed by atoms with Crippen molar-refractivity contribution in [1.82, 2.24) is 0 Å². The molecule has 1 aliphatic heterocycles. The van der Waals surface area contributed by atoms with Gasteiger partial charge >= 0.3 is 0 Å². The Balaban J connectivity index is 1.98. The van der Waals surface area contributed by atoms with E-state index in [2.05, 4.69) is 29.3 Å². The van der Waals surface area contributed by atoms with Gasteiger partial charge < -0.3 is 16.0 Å². The van der Waals surface area contributed by atoms with Gasteiger partial charge in [0.2, 0.25) is 5.91 Å². The summed E-state index contributed by atoms with van der Waals surface area (Å²) in [7, 11) is 0. The quantitative estimate of drug-likeness (QED) is 0.896. The van der Waals surface area contributed by atoms with Crippen molar-refractivity contribution in [2.24, 2.45) is 11.7 Å². The molecule has 1 heterocycles. The second kappa shape index (κ2) is 6.48. The summed E-state index contributed by atoms with van der Waals surface area (Å²) < 4.78 is 0. The van der Waals surface area contributed by atoms with Crippen LogP contribution in [0.2, 0.25) is 0 Å². The van der Waals surface area contributed by atoms with Crippen molar-refractivity contribution in [3.05, 3.63) is 24.3 Å². The molecular formula is C17H27N3O. The fourth-order valence-electron chi connectivity index (χ4n) is 2.46. The second-order valence-electron chi connectivity index (χ2n) is 6.44. The maximum Gasteiger partial charge on any atom is 0.244 e. The van der Waals surface area contributed by atoms with Crippen molar-refractivity contribution in [3.63, 3.8) is 0 Å². The highest BCUT2D eigenvalue weighted by Crippen LogP contribution is 2.24. The van der Waals surface area contributed by atoms with E-state index in [1.54, 1.807) is 6.92 Å². The van der Waals surface area contributed by atoms with E-state index in [1.807, 2.05) is 19.1 Å². The number of nitrogens with zero attached hydrogens (tertiary/aromatic N) is 1. The Bertz CT molecular complexity index is 473. The molecule has 1 amide bonds. The molecule has 0 bridgehead atoms. The van der Waals surface area contributed by atoms with Crippen LogP contribution in [0.15, 0.2) is 24.3 Å². The van der Waals surface area contributed by atoms with Gasteiger partial charge in [-0.05, 0) is 56.4 Å². The predicted octanol–water partition coefficient (Wildman–Crippen LogP) is 2.99. The minimum Gasteiger partial charge on any atom is -0.372 e. The second-order valence-corrected chi connectivity index (χ2v) is 6.44. The van der Waals surface area contributed by atoms with E-state index in [-0.39, 0.29) is 5.91 Å². The molecule has 116 valence electrons. The highest BCUT2D eigenvalue weighted by atomic mass is 16.2. The van der Waals surface area contributed by atoms with Gasteiger partial charge in [-0.3, -0.25) is 4.79 Å². The molecule has 2 rings (SSSR count). The Morgan fingerprint density at radius 1 is 1.33 bits per heavy atom. The fourth-order valence-corrected chi connectivity index (χ4v) is 2.46. The molecule has 4 heteroatoms. The lowest BCUT2D eigenvalue weighted by atomic mass is 9.98. The van der Waals surface area contributed by atoms with Gasteiger partial charge in [-0.1, -0.05) is 13.8 Å². The summed E-state index contributed by atoms with van der Waals surface area (Å²) in [5.74, 6) is 0.695. The first-order valence-corrected chi connectivity index (χ1v) is 7.87. The van der Waals surface area contributed by atoms with E-state index in [4.69, 9.17) is 5.73 Å². The first kappa shape index (κ1) is 15.8. The first-order valence-electron chi connectivity index (χ1n) is 7.87. The zero-order chi connectivity index (χ0) is 15.5. The van der Waals surface area contributed by atoms with Crippen LogP contribution in [0, 0.1) is 5.92 Å². The maximum atomic E-state index is 12.0. The maximum absolute atomic E-state index is 12.0. The van der Waals surface area contributed by atoms with Crippen molar-refractivity contribution in [2.75, 3.05) is 23.3 Å². The van der Waals surface area contributed by atoms with Crippen molar-refractivity contribution < 1.29 is 4.79 Å². The standard InChI is InChI=1S/C17H27N3O/c1-4-17(3,18)16(21)19-14-5-7-15(8-6-14)20-11-9-13(2)10-12-20/h5-8,13H,4,9-12,18H2,1-3H3,(H,19,21). The van der Waals surface area contributed by atoms with Crippen LogP contribution in [0.5, 0.6) is 0 Å². The van der Waals surface area contributed by atoms with Gasteiger partial charge in [0.15, 0.2) is 0 Å². The average molecular weight is 289 g/mol. The first-order chi connectivity index (χ1) is 9.92. The Kier molecular flexibility index (Phi) is 4.88. The molecule has 1 fully saturated rings. The van der Waals surface area contributed by atoms with Crippen LogP contribution in [0.4, 0.5) is 11.4 Å². The topological polar surface area (TPSA) is 58.4 Å². The summed E-state index contributed by atoms with van der Waals surface area (Å²) in [5.41, 5.74) is 7.16. The number of anilines is 2. The molecule has 4 nitrogen and oxygen atoms in total. The molecule has 1 atom stereocenters. The molecule has 1 saturated heterocycles. The van der Waals surface area contributed by atoms with Crippen LogP contribution in [-0.4, -0.2) is 24.5 Å². The van der Waals surface area contributed by atoms with Crippen LogP contribution < -0.4 is 16.0 Å². The van der Waals surface area contributed by atoms with Crippen molar-refractivity contribution in [3.8, 4) is 0 Å². The summed E-state index contributed by atoms with van der Waals surface area (Å²) >= 11 is 0. The number of nitrogens with one attached hydrogen (secondary N) is 1. The number of piperidine rings is 1. The lowest BCUT2D eigenvalue weighted by Crippen LogP contribution is -2.47. The van der Waals surface area contributed by atoms with Gasteiger partial charge in [0.05, 0.1) is 5.54 Å². The SMILES string of the molecule is CCC(C)(N)C(=O)Nc1ccc(N2CCC(C)CC2)cc1. The highest BCUT2D eigenvalue weighted by Gasteiger charge is 2.25. The number of amides is 1. The monoisotopic (exact) mass is 289 g/mol. The Labute approximate surface area is 127 Å². The smallest absolute Gasteiger partial charge is 0.244 e. The molecule has 0 saturated carbocycles. The molecule has 1 aromatic rings. The number of nitrogens with two attached hydrogens (primary N) is 1. The third-order valence-electron chi connectivity index (χ3n) is 4.53. The summed E-state index contributed by atoms with van der Waals surface area (Å²) in [6.45, 7) is 8.21. The predicted molar refractivity (Wildman–Crippen MR) is 88.6 cm³/mol. The molecule has 0 radical (unpaired) electrons. The third-order valence-corrected chi connectivity index (χ3v) is 4.53. The molecule has 0 spiro atoms. The van der Waals surface area contributed by atoms with Gasteiger partial charge in [-0.2, -0.15) is 0 Å². The van der Waals surface area contributed by atoms with Gasteiger partial charge in [0.1, 0.15) is 0 Å². The summed E-state index contributed by atoms with van der Waals surface area (Å²) in [6.07, 6.45) is 3.11. The van der Waals surface area contributed by atoms with Crippen molar-refractivity contribution in [2.45, 2.75) is 45.6 Å². The Morgan fingerprint density at radius 3 is 2.43 bits per heavy atom. The zero-order valence-electron chi connectivity index (χ0n) is 13.4. The Hall–Kier alpha value is -1.55. The minimum absolute atomic E-state index is 0.135. The van der Waals surface area contributed by atoms with E-state index >= 15 is 0 Å². The molecular weight excluding hydrogens is 262 g/mol. The Morgan fingerprint density at radius 2 is 1.90 bits per heavy atom. The van der Waals surface area contributed by atoms with Gasteiger partial charge in [-0.25, -0.2) is 0 Å². The van der Waals surface area contributed by atoms with E-state index in [9.17, 15) is 4.79 Å². The largest absolute Gasteiger partial charge is 0.372 e. The number of carbonyl (C=O) groups is 1. The molecule has 0 aromatic heterocycles. The van der Waals surface area contributed by atoms with E-state index in [0.717, 1.165) is 24.7 Å². The van der Waals surface area contributed by atoms with Crippen LogP contribution in [0.1, 0.15) is 40.0 Å². The third kappa shape index (κ3) is 3.97. The average Bonchev–Trinajstić information content (AvgIpc) is 2.49. The van der Waals surface area contributed by atoms with Crippen LogP contribution in [-0.2, 0) is 4.79 Å². The number of benzene rings is 1.